The van der Waals surface area contributed by atoms with Gasteiger partial charge in [0.2, 0.25) is 5.91 Å². The minimum atomic E-state index is -0.0448. The van der Waals surface area contributed by atoms with Crippen LogP contribution in [-0.4, -0.2) is 24.0 Å². The molecule has 2 aromatic carbocycles. The number of aromatic nitrogens is 1. The predicted octanol–water partition coefficient (Wildman–Crippen LogP) is 3.55. The Bertz CT molecular complexity index is 772. The maximum Gasteiger partial charge on any atom is 0.226 e. The van der Waals surface area contributed by atoms with Crippen molar-refractivity contribution in [3.63, 3.8) is 0 Å². The lowest BCUT2D eigenvalue weighted by Crippen LogP contribution is -2.29. The van der Waals surface area contributed by atoms with E-state index in [1.54, 1.807) is 11.3 Å². The van der Waals surface area contributed by atoms with Gasteiger partial charge in [-0.25, -0.2) is 4.98 Å². The van der Waals surface area contributed by atoms with Crippen LogP contribution in [0.1, 0.15) is 5.69 Å². The van der Waals surface area contributed by atoms with E-state index in [0.29, 0.717) is 13.2 Å². The first-order valence-electron chi connectivity index (χ1n) is 7.75. The average Bonchev–Trinajstić information content (AvgIpc) is 3.09. The Labute approximate surface area is 145 Å². The Morgan fingerprint density at radius 2 is 1.75 bits per heavy atom. The molecule has 1 aromatic heterocycles. The van der Waals surface area contributed by atoms with E-state index in [9.17, 15) is 4.79 Å². The lowest BCUT2D eigenvalue weighted by Gasteiger charge is -2.07. The van der Waals surface area contributed by atoms with Crippen molar-refractivity contribution < 1.29 is 9.53 Å². The second-order valence-corrected chi connectivity index (χ2v) is 6.06. The van der Waals surface area contributed by atoms with Gasteiger partial charge in [-0.15, -0.1) is 11.3 Å². The smallest absolute Gasteiger partial charge is 0.226 e. The maximum atomic E-state index is 12.0. The molecule has 4 nitrogen and oxygen atoms in total. The number of nitrogens with zero attached hydrogens (tertiary/aromatic N) is 1. The van der Waals surface area contributed by atoms with E-state index in [4.69, 9.17) is 4.74 Å². The van der Waals surface area contributed by atoms with E-state index >= 15 is 0 Å². The summed E-state index contributed by atoms with van der Waals surface area (Å²) < 4.78 is 5.54. The van der Waals surface area contributed by atoms with Crippen LogP contribution in [0.4, 0.5) is 0 Å². The number of carbonyl (C=O) groups excluding carboxylic acids is 1. The van der Waals surface area contributed by atoms with Crippen LogP contribution >= 0.6 is 11.3 Å². The zero-order valence-corrected chi connectivity index (χ0v) is 14.0. The molecule has 122 valence electrons. The third-order valence-corrected chi connectivity index (χ3v) is 4.29. The molecule has 0 spiro atoms. The minimum absolute atomic E-state index is 0.0448. The van der Waals surface area contributed by atoms with Crippen LogP contribution in [0.5, 0.6) is 5.75 Å². The van der Waals surface area contributed by atoms with Crippen molar-refractivity contribution in [1.29, 1.82) is 0 Å². The van der Waals surface area contributed by atoms with Gasteiger partial charge in [-0.05, 0) is 12.1 Å². The molecule has 0 saturated carbocycles. The van der Waals surface area contributed by atoms with E-state index in [2.05, 4.69) is 10.3 Å². The molecule has 0 aliphatic heterocycles. The zero-order valence-electron chi connectivity index (χ0n) is 13.1. The largest absolute Gasteiger partial charge is 0.492 e. The van der Waals surface area contributed by atoms with Gasteiger partial charge in [-0.2, -0.15) is 0 Å². The summed E-state index contributed by atoms with van der Waals surface area (Å²) in [5, 5.41) is 5.72. The van der Waals surface area contributed by atoms with Crippen molar-refractivity contribution in [2.45, 2.75) is 6.42 Å². The van der Waals surface area contributed by atoms with Gasteiger partial charge in [-0.3, -0.25) is 4.79 Å². The SMILES string of the molecule is O=C(Cc1csc(-c2ccccc2)n1)NCCOc1ccccc1. The normalized spacial score (nSPS) is 10.3. The van der Waals surface area contributed by atoms with Crippen LogP contribution in [0.2, 0.25) is 0 Å². The summed E-state index contributed by atoms with van der Waals surface area (Å²) in [6, 6.07) is 19.5. The van der Waals surface area contributed by atoms with Crippen LogP contribution < -0.4 is 10.1 Å². The summed E-state index contributed by atoms with van der Waals surface area (Å²) in [5.74, 6) is 0.760. The van der Waals surface area contributed by atoms with Crippen molar-refractivity contribution in [2.24, 2.45) is 0 Å². The predicted molar refractivity (Wildman–Crippen MR) is 96.2 cm³/mol. The zero-order chi connectivity index (χ0) is 16.6. The number of hydrogen-bond donors (Lipinski definition) is 1. The van der Waals surface area contributed by atoms with E-state index < -0.39 is 0 Å². The molecule has 1 N–H and O–H groups in total. The van der Waals surface area contributed by atoms with Crippen LogP contribution in [-0.2, 0) is 11.2 Å². The Morgan fingerprint density at radius 3 is 2.50 bits per heavy atom. The van der Waals surface area contributed by atoms with Gasteiger partial charge >= 0.3 is 0 Å². The molecule has 3 rings (SSSR count). The van der Waals surface area contributed by atoms with Crippen LogP contribution in [0, 0.1) is 0 Å². The second-order valence-electron chi connectivity index (χ2n) is 5.20. The molecular formula is C19H18N2O2S. The summed E-state index contributed by atoms with van der Waals surface area (Å²) in [4.78, 5) is 16.5. The molecule has 1 amide bonds. The number of para-hydroxylation sites is 1. The third-order valence-electron chi connectivity index (χ3n) is 3.35. The van der Waals surface area contributed by atoms with Crippen molar-refractivity contribution >= 4 is 17.2 Å². The Balaban J connectivity index is 1.43. The molecule has 3 aromatic rings. The second kappa shape index (κ2) is 8.26. The molecule has 1 heterocycles. The summed E-state index contributed by atoms with van der Waals surface area (Å²) in [5.41, 5.74) is 1.87. The number of hydrogen-bond acceptors (Lipinski definition) is 4. The molecule has 0 fully saturated rings. The van der Waals surface area contributed by atoms with Gasteiger partial charge in [0.15, 0.2) is 0 Å². The van der Waals surface area contributed by atoms with E-state index in [1.807, 2.05) is 66.0 Å². The standard InChI is InChI=1S/C19H18N2O2S/c22-18(20-11-12-23-17-9-5-2-6-10-17)13-16-14-24-19(21-16)15-7-3-1-4-8-15/h1-10,14H,11-13H2,(H,20,22). The Hall–Kier alpha value is -2.66. The number of ether oxygens (including phenoxy) is 1. The topological polar surface area (TPSA) is 51.2 Å². The molecule has 0 unspecified atom stereocenters. The lowest BCUT2D eigenvalue weighted by molar-refractivity contribution is -0.120. The quantitative estimate of drug-likeness (QED) is 0.670. The molecule has 5 heteroatoms. The Kier molecular flexibility index (Phi) is 5.58. The highest BCUT2D eigenvalue weighted by Crippen LogP contribution is 2.23. The van der Waals surface area contributed by atoms with E-state index in [1.165, 1.54) is 0 Å². The van der Waals surface area contributed by atoms with Gasteiger partial charge in [-0.1, -0.05) is 48.5 Å². The highest BCUT2D eigenvalue weighted by atomic mass is 32.1. The van der Waals surface area contributed by atoms with Crippen LogP contribution in [0.3, 0.4) is 0 Å². The number of carbonyl (C=O) groups is 1. The molecule has 0 atom stereocenters. The van der Waals surface area contributed by atoms with Crippen molar-refractivity contribution in [1.82, 2.24) is 10.3 Å². The number of rotatable bonds is 7. The first-order chi connectivity index (χ1) is 11.8. The van der Waals surface area contributed by atoms with E-state index in [-0.39, 0.29) is 12.3 Å². The van der Waals surface area contributed by atoms with Gasteiger partial charge in [0.05, 0.1) is 18.7 Å². The average molecular weight is 338 g/mol. The first-order valence-corrected chi connectivity index (χ1v) is 8.63. The fraction of sp³-hybridized carbons (Fsp3) is 0.158. The van der Waals surface area contributed by atoms with Gasteiger partial charge < -0.3 is 10.1 Å². The summed E-state index contributed by atoms with van der Waals surface area (Å²) in [7, 11) is 0. The molecule has 0 saturated heterocycles. The molecule has 0 radical (unpaired) electrons. The third kappa shape index (κ3) is 4.67. The van der Waals surface area contributed by atoms with Gasteiger partial charge in [0.1, 0.15) is 17.4 Å². The molecular weight excluding hydrogens is 320 g/mol. The van der Waals surface area contributed by atoms with Crippen molar-refractivity contribution in [2.75, 3.05) is 13.2 Å². The number of amides is 1. The first kappa shape index (κ1) is 16.2. The Morgan fingerprint density at radius 1 is 1.04 bits per heavy atom. The van der Waals surface area contributed by atoms with Gasteiger partial charge in [0.25, 0.3) is 0 Å². The highest BCUT2D eigenvalue weighted by molar-refractivity contribution is 7.13. The summed E-state index contributed by atoms with van der Waals surface area (Å²) in [6.07, 6.45) is 0.286. The number of benzene rings is 2. The maximum absolute atomic E-state index is 12.0. The highest BCUT2D eigenvalue weighted by Gasteiger charge is 2.08. The van der Waals surface area contributed by atoms with E-state index in [0.717, 1.165) is 22.0 Å². The summed E-state index contributed by atoms with van der Waals surface area (Å²) in [6.45, 7) is 0.922. The fourth-order valence-corrected chi connectivity index (χ4v) is 3.03. The molecule has 0 bridgehead atoms. The van der Waals surface area contributed by atoms with Crippen LogP contribution in [0.15, 0.2) is 66.0 Å². The van der Waals surface area contributed by atoms with Gasteiger partial charge in [0, 0.05) is 10.9 Å². The van der Waals surface area contributed by atoms with Crippen molar-refractivity contribution in [3.05, 3.63) is 71.7 Å². The summed E-state index contributed by atoms with van der Waals surface area (Å²) >= 11 is 1.55. The number of nitrogens with one attached hydrogen (secondary N) is 1. The monoisotopic (exact) mass is 338 g/mol. The molecule has 24 heavy (non-hydrogen) atoms. The molecule has 0 aliphatic rings. The van der Waals surface area contributed by atoms with Crippen molar-refractivity contribution in [3.8, 4) is 16.3 Å². The van der Waals surface area contributed by atoms with Crippen LogP contribution in [0.25, 0.3) is 10.6 Å². The minimum Gasteiger partial charge on any atom is -0.492 e. The lowest BCUT2D eigenvalue weighted by atomic mass is 10.2. The number of thiazole rings is 1. The molecule has 0 aliphatic carbocycles. The fourth-order valence-electron chi connectivity index (χ4n) is 2.20.